The van der Waals surface area contributed by atoms with Crippen molar-refractivity contribution in [2.75, 3.05) is 18.0 Å². The number of imidazole rings is 1. The van der Waals surface area contributed by atoms with Gasteiger partial charge in [-0.15, -0.1) is 0 Å². The summed E-state index contributed by atoms with van der Waals surface area (Å²) in [6, 6.07) is 16.6. The first-order chi connectivity index (χ1) is 14.1. The maximum Gasteiger partial charge on any atom is 0.244 e. The Labute approximate surface area is 174 Å². The molecule has 1 fully saturated rings. The number of rotatable bonds is 5. The van der Waals surface area contributed by atoms with Gasteiger partial charge in [0, 0.05) is 42.2 Å². The number of anilines is 1. The summed E-state index contributed by atoms with van der Waals surface area (Å²) in [5.41, 5.74) is 3.41. The molecule has 1 N–H and O–H groups in total. The molecule has 3 aromatic rings. The average molecular weight is 406 g/mol. The van der Waals surface area contributed by atoms with Crippen LogP contribution in [-0.4, -0.2) is 39.9 Å². The molecule has 0 spiro atoms. The number of carbonyl (C=O) groups is 1. The first-order valence-electron chi connectivity index (χ1n) is 9.41. The van der Waals surface area contributed by atoms with Crippen LogP contribution in [0.2, 0.25) is 5.02 Å². The highest BCUT2D eigenvalue weighted by Gasteiger charge is 2.35. The summed E-state index contributed by atoms with van der Waals surface area (Å²) < 4.78 is 0. The van der Waals surface area contributed by atoms with Crippen LogP contribution < -0.4 is 4.90 Å². The minimum atomic E-state index is -0.320. The van der Waals surface area contributed by atoms with Crippen LogP contribution in [0.4, 0.5) is 5.69 Å². The molecular weight excluding hydrogens is 386 g/mol. The Kier molecular flexibility index (Phi) is 5.61. The van der Waals surface area contributed by atoms with Crippen LogP contribution in [0.1, 0.15) is 16.8 Å². The van der Waals surface area contributed by atoms with Gasteiger partial charge in [-0.05, 0) is 42.3 Å². The molecule has 1 atom stereocenters. The molecule has 2 aromatic carbocycles. The second kappa shape index (κ2) is 8.48. The van der Waals surface area contributed by atoms with E-state index in [2.05, 4.69) is 20.9 Å². The van der Waals surface area contributed by atoms with Gasteiger partial charge < -0.3 is 9.88 Å². The van der Waals surface area contributed by atoms with Crippen LogP contribution >= 0.6 is 11.6 Å². The molecule has 2 heterocycles. The number of hydrogen-bond acceptors (Lipinski definition) is 4. The van der Waals surface area contributed by atoms with Crippen LogP contribution in [0.15, 0.2) is 61.1 Å². The van der Waals surface area contributed by atoms with E-state index in [4.69, 9.17) is 16.9 Å². The van der Waals surface area contributed by atoms with Gasteiger partial charge >= 0.3 is 0 Å². The third kappa shape index (κ3) is 4.32. The number of nitriles is 1. The normalized spacial score (nSPS) is 17.3. The molecule has 1 aliphatic rings. The molecule has 6 nitrogen and oxygen atoms in total. The van der Waals surface area contributed by atoms with Gasteiger partial charge in [-0.3, -0.25) is 9.69 Å². The fourth-order valence-corrected chi connectivity index (χ4v) is 3.85. The lowest BCUT2D eigenvalue weighted by molar-refractivity contribution is -0.126. The van der Waals surface area contributed by atoms with E-state index in [0.29, 0.717) is 30.1 Å². The smallest absolute Gasteiger partial charge is 0.244 e. The van der Waals surface area contributed by atoms with Gasteiger partial charge in [-0.1, -0.05) is 29.8 Å². The number of hydrogen-bond donors (Lipinski definition) is 1. The zero-order valence-electron chi connectivity index (χ0n) is 15.8. The predicted molar refractivity (Wildman–Crippen MR) is 111 cm³/mol. The third-order valence-corrected chi connectivity index (χ3v) is 5.40. The summed E-state index contributed by atoms with van der Waals surface area (Å²) >= 11 is 6.14. The largest absolute Gasteiger partial charge is 0.347 e. The van der Waals surface area contributed by atoms with E-state index >= 15 is 0 Å². The summed E-state index contributed by atoms with van der Waals surface area (Å²) in [7, 11) is 0. The molecule has 4 rings (SSSR count). The van der Waals surface area contributed by atoms with Crippen molar-refractivity contribution in [1.82, 2.24) is 14.9 Å². The number of amides is 1. The van der Waals surface area contributed by atoms with E-state index in [1.807, 2.05) is 35.2 Å². The summed E-state index contributed by atoms with van der Waals surface area (Å²) in [5.74, 6) is 0.0439. The van der Waals surface area contributed by atoms with Gasteiger partial charge in [0.2, 0.25) is 5.91 Å². The molecule has 0 aliphatic carbocycles. The minimum absolute atomic E-state index is 0.0439. The Balaban J connectivity index is 1.61. The number of piperazine rings is 1. The molecule has 146 valence electrons. The van der Waals surface area contributed by atoms with Gasteiger partial charge in [0.05, 0.1) is 24.0 Å². The Morgan fingerprint density at radius 1 is 1.21 bits per heavy atom. The molecular formula is C22H20ClN5O. The highest BCUT2D eigenvalue weighted by atomic mass is 35.5. The molecule has 7 heteroatoms. The van der Waals surface area contributed by atoms with Crippen molar-refractivity contribution in [3.63, 3.8) is 0 Å². The number of nitrogens with one attached hydrogen (secondary N) is 1. The SMILES string of the molecule is N#Cc1ccc(CC2C(=O)N(c3cccc(Cl)c3)CCN2Cc2cnc[nH]2)cc1. The maximum atomic E-state index is 13.5. The van der Waals surface area contributed by atoms with E-state index in [-0.39, 0.29) is 11.9 Å². The molecule has 0 bridgehead atoms. The zero-order valence-corrected chi connectivity index (χ0v) is 16.5. The van der Waals surface area contributed by atoms with E-state index in [9.17, 15) is 4.79 Å². The maximum absolute atomic E-state index is 13.5. The zero-order chi connectivity index (χ0) is 20.2. The topological polar surface area (TPSA) is 76.0 Å². The molecule has 1 aliphatic heterocycles. The summed E-state index contributed by atoms with van der Waals surface area (Å²) in [6.07, 6.45) is 4.00. The highest BCUT2D eigenvalue weighted by Crippen LogP contribution is 2.26. The second-order valence-electron chi connectivity index (χ2n) is 7.05. The second-order valence-corrected chi connectivity index (χ2v) is 7.48. The highest BCUT2D eigenvalue weighted by molar-refractivity contribution is 6.30. The Morgan fingerprint density at radius 2 is 2.03 bits per heavy atom. The van der Waals surface area contributed by atoms with Crippen molar-refractivity contribution in [1.29, 1.82) is 5.26 Å². The lowest BCUT2D eigenvalue weighted by Gasteiger charge is -2.40. The van der Waals surface area contributed by atoms with Gasteiger partial charge in [0.25, 0.3) is 0 Å². The summed E-state index contributed by atoms with van der Waals surface area (Å²) in [5, 5.41) is 9.63. The molecule has 1 saturated heterocycles. The van der Waals surface area contributed by atoms with Crippen molar-refractivity contribution in [2.24, 2.45) is 0 Å². The number of aromatic nitrogens is 2. The van der Waals surface area contributed by atoms with Crippen LogP contribution in [0.25, 0.3) is 0 Å². The van der Waals surface area contributed by atoms with Crippen molar-refractivity contribution in [3.8, 4) is 6.07 Å². The number of benzene rings is 2. The summed E-state index contributed by atoms with van der Waals surface area (Å²) in [4.78, 5) is 24.7. The van der Waals surface area contributed by atoms with Gasteiger partial charge in [-0.2, -0.15) is 5.26 Å². The molecule has 1 amide bonds. The van der Waals surface area contributed by atoms with Crippen LogP contribution in [0, 0.1) is 11.3 Å². The van der Waals surface area contributed by atoms with E-state index in [1.54, 1.807) is 30.7 Å². The molecule has 29 heavy (non-hydrogen) atoms. The van der Waals surface area contributed by atoms with Crippen molar-refractivity contribution in [2.45, 2.75) is 19.0 Å². The monoisotopic (exact) mass is 405 g/mol. The lowest BCUT2D eigenvalue weighted by Crippen LogP contribution is -2.57. The first-order valence-corrected chi connectivity index (χ1v) is 9.79. The summed E-state index contributed by atoms with van der Waals surface area (Å²) in [6.45, 7) is 1.95. The van der Waals surface area contributed by atoms with E-state index in [0.717, 1.165) is 23.5 Å². The quantitative estimate of drug-likeness (QED) is 0.705. The molecule has 0 saturated carbocycles. The average Bonchev–Trinajstić information content (AvgIpc) is 3.24. The minimum Gasteiger partial charge on any atom is -0.347 e. The Hall–Kier alpha value is -3.14. The molecule has 0 radical (unpaired) electrons. The Morgan fingerprint density at radius 3 is 2.72 bits per heavy atom. The molecule has 1 aromatic heterocycles. The van der Waals surface area contributed by atoms with Crippen molar-refractivity contribution in [3.05, 3.63) is 82.9 Å². The molecule has 1 unspecified atom stereocenters. The number of carbonyl (C=O) groups excluding carboxylic acids is 1. The first kappa shape index (κ1) is 19.2. The van der Waals surface area contributed by atoms with E-state index < -0.39 is 0 Å². The fourth-order valence-electron chi connectivity index (χ4n) is 3.67. The third-order valence-electron chi connectivity index (χ3n) is 5.16. The number of H-pyrrole nitrogens is 1. The predicted octanol–water partition coefficient (Wildman–Crippen LogP) is 3.39. The van der Waals surface area contributed by atoms with E-state index in [1.165, 1.54) is 0 Å². The van der Waals surface area contributed by atoms with Crippen LogP contribution in [0.3, 0.4) is 0 Å². The van der Waals surface area contributed by atoms with Crippen LogP contribution in [-0.2, 0) is 17.8 Å². The van der Waals surface area contributed by atoms with Gasteiger partial charge in [0.1, 0.15) is 0 Å². The Bertz CT molecular complexity index is 1030. The van der Waals surface area contributed by atoms with Gasteiger partial charge in [-0.25, -0.2) is 4.98 Å². The lowest BCUT2D eigenvalue weighted by atomic mass is 9.99. The number of halogens is 1. The number of aromatic amines is 1. The fraction of sp³-hybridized carbons (Fsp3) is 0.227. The van der Waals surface area contributed by atoms with Crippen molar-refractivity contribution >= 4 is 23.2 Å². The van der Waals surface area contributed by atoms with Crippen molar-refractivity contribution < 1.29 is 4.79 Å². The van der Waals surface area contributed by atoms with Gasteiger partial charge in [0.15, 0.2) is 0 Å². The van der Waals surface area contributed by atoms with Crippen LogP contribution in [0.5, 0.6) is 0 Å². The standard InChI is InChI=1S/C22H20ClN5O/c23-18-2-1-3-20(11-18)28-9-8-27(14-19-13-25-15-26-19)21(22(28)29)10-16-4-6-17(12-24)7-5-16/h1-7,11,13,15,21H,8-10,14H2,(H,25,26). The number of nitrogens with zero attached hydrogens (tertiary/aromatic N) is 4.